The van der Waals surface area contributed by atoms with Crippen LogP contribution in [-0.4, -0.2) is 23.9 Å². The number of aromatic hydroxyl groups is 2. The second-order valence-corrected chi connectivity index (χ2v) is 4.57. The molecule has 0 unspecified atom stereocenters. The zero-order valence-corrected chi connectivity index (χ0v) is 11.0. The van der Waals surface area contributed by atoms with Crippen LogP contribution in [0, 0.1) is 0 Å². The highest BCUT2D eigenvalue weighted by Gasteiger charge is 2.16. The number of ether oxygens (including phenoxy) is 2. The van der Waals surface area contributed by atoms with Crippen LogP contribution in [0.25, 0.3) is 11.6 Å². The van der Waals surface area contributed by atoms with Crippen molar-refractivity contribution in [1.82, 2.24) is 0 Å². The summed E-state index contributed by atoms with van der Waals surface area (Å²) in [6.45, 7) is 0.420. The molecule has 20 heavy (non-hydrogen) atoms. The lowest BCUT2D eigenvalue weighted by Gasteiger charge is -2.19. The Morgan fingerprint density at radius 1 is 1.10 bits per heavy atom. The molecule has 0 aliphatic carbocycles. The minimum Gasteiger partial charge on any atom is -0.508 e. The maximum absolute atomic E-state index is 9.73. The second-order valence-electron chi connectivity index (χ2n) is 4.57. The average Bonchev–Trinajstić information content (AvgIpc) is 2.47. The Morgan fingerprint density at radius 2 is 1.85 bits per heavy atom. The number of methoxy groups -OCH3 is 1. The summed E-state index contributed by atoms with van der Waals surface area (Å²) in [6, 6.07) is 10.3. The van der Waals surface area contributed by atoms with Crippen molar-refractivity contribution in [2.24, 2.45) is 0 Å². The van der Waals surface area contributed by atoms with Gasteiger partial charge in [-0.05, 0) is 35.4 Å². The van der Waals surface area contributed by atoms with Crippen LogP contribution in [0.2, 0.25) is 0 Å². The van der Waals surface area contributed by atoms with Gasteiger partial charge < -0.3 is 19.7 Å². The fourth-order valence-corrected chi connectivity index (χ4v) is 2.19. The van der Waals surface area contributed by atoms with E-state index in [-0.39, 0.29) is 11.5 Å². The lowest BCUT2D eigenvalue weighted by atomic mass is 10.0. The third-order valence-electron chi connectivity index (χ3n) is 3.26. The topological polar surface area (TPSA) is 58.9 Å². The van der Waals surface area contributed by atoms with E-state index in [1.165, 1.54) is 7.11 Å². The Labute approximate surface area is 116 Å². The summed E-state index contributed by atoms with van der Waals surface area (Å²) in [4.78, 5) is 0. The SMILES string of the molecule is COc1cc2c(cc1O)OCC(c1ccc(O)cc1)=C2. The predicted molar refractivity (Wildman–Crippen MR) is 76.1 cm³/mol. The molecule has 0 amide bonds. The summed E-state index contributed by atoms with van der Waals surface area (Å²) >= 11 is 0. The number of phenolic OH excluding ortho intramolecular Hbond substituents is 2. The Morgan fingerprint density at radius 3 is 2.55 bits per heavy atom. The van der Waals surface area contributed by atoms with Gasteiger partial charge in [0.05, 0.1) is 7.11 Å². The van der Waals surface area contributed by atoms with E-state index in [9.17, 15) is 10.2 Å². The molecule has 0 atom stereocenters. The third-order valence-corrected chi connectivity index (χ3v) is 3.26. The van der Waals surface area contributed by atoms with Crippen LogP contribution < -0.4 is 9.47 Å². The van der Waals surface area contributed by atoms with E-state index >= 15 is 0 Å². The number of hydrogen-bond acceptors (Lipinski definition) is 4. The van der Waals surface area contributed by atoms with Crippen molar-refractivity contribution >= 4 is 11.6 Å². The Bertz CT molecular complexity index is 672. The van der Waals surface area contributed by atoms with Crippen LogP contribution in [0.15, 0.2) is 36.4 Å². The molecule has 0 saturated carbocycles. The van der Waals surface area contributed by atoms with E-state index < -0.39 is 0 Å². The minimum atomic E-state index is 0.0627. The van der Waals surface area contributed by atoms with Crippen LogP contribution >= 0.6 is 0 Å². The van der Waals surface area contributed by atoms with Crippen molar-refractivity contribution in [3.63, 3.8) is 0 Å². The number of hydrogen-bond donors (Lipinski definition) is 2. The summed E-state index contributed by atoms with van der Waals surface area (Å²) in [5, 5.41) is 19.0. The van der Waals surface area contributed by atoms with Gasteiger partial charge in [-0.25, -0.2) is 0 Å². The summed E-state index contributed by atoms with van der Waals surface area (Å²) in [6.07, 6.45) is 1.99. The van der Waals surface area contributed by atoms with Gasteiger partial charge in [0.15, 0.2) is 11.5 Å². The molecule has 2 N–H and O–H groups in total. The largest absolute Gasteiger partial charge is 0.508 e. The van der Waals surface area contributed by atoms with Gasteiger partial charge in [0.2, 0.25) is 0 Å². The average molecular weight is 270 g/mol. The van der Waals surface area contributed by atoms with Crippen LogP contribution in [0.5, 0.6) is 23.0 Å². The first-order chi connectivity index (χ1) is 9.67. The summed E-state index contributed by atoms with van der Waals surface area (Å²) in [5.74, 6) is 1.34. The van der Waals surface area contributed by atoms with Crippen molar-refractivity contribution < 1.29 is 19.7 Å². The monoisotopic (exact) mass is 270 g/mol. The Hall–Kier alpha value is -2.62. The molecule has 1 aliphatic heterocycles. The maximum atomic E-state index is 9.73. The number of benzene rings is 2. The zero-order valence-electron chi connectivity index (χ0n) is 11.0. The molecule has 0 bridgehead atoms. The quantitative estimate of drug-likeness (QED) is 0.880. The third kappa shape index (κ3) is 2.16. The zero-order chi connectivity index (χ0) is 14.1. The lowest BCUT2D eigenvalue weighted by Crippen LogP contribution is -2.06. The molecule has 3 rings (SSSR count). The highest BCUT2D eigenvalue weighted by molar-refractivity contribution is 5.86. The molecule has 4 heteroatoms. The van der Waals surface area contributed by atoms with E-state index in [1.54, 1.807) is 24.3 Å². The minimum absolute atomic E-state index is 0.0627. The van der Waals surface area contributed by atoms with Crippen molar-refractivity contribution in [2.45, 2.75) is 0 Å². The number of phenols is 2. The summed E-state index contributed by atoms with van der Waals surface area (Å²) < 4.78 is 10.8. The smallest absolute Gasteiger partial charge is 0.161 e. The van der Waals surface area contributed by atoms with Gasteiger partial charge in [-0.3, -0.25) is 0 Å². The molecule has 0 saturated heterocycles. The fourth-order valence-electron chi connectivity index (χ4n) is 2.19. The molecule has 2 aromatic carbocycles. The molecule has 1 aliphatic rings. The van der Waals surface area contributed by atoms with Crippen LogP contribution in [0.4, 0.5) is 0 Å². The molecule has 2 aromatic rings. The molecule has 0 radical (unpaired) electrons. The van der Waals surface area contributed by atoms with Crippen molar-refractivity contribution in [2.75, 3.05) is 13.7 Å². The van der Waals surface area contributed by atoms with Gasteiger partial charge in [-0.1, -0.05) is 12.1 Å². The van der Waals surface area contributed by atoms with E-state index in [4.69, 9.17) is 9.47 Å². The fraction of sp³-hybridized carbons (Fsp3) is 0.125. The van der Waals surface area contributed by atoms with Crippen LogP contribution in [0.3, 0.4) is 0 Å². The molecular weight excluding hydrogens is 256 g/mol. The highest BCUT2D eigenvalue weighted by atomic mass is 16.5. The molecule has 0 spiro atoms. The van der Waals surface area contributed by atoms with Gasteiger partial charge in [0, 0.05) is 11.6 Å². The van der Waals surface area contributed by atoms with Gasteiger partial charge >= 0.3 is 0 Å². The normalized spacial score (nSPS) is 13.2. The highest BCUT2D eigenvalue weighted by Crippen LogP contribution is 2.38. The number of rotatable bonds is 2. The summed E-state index contributed by atoms with van der Waals surface area (Å²) in [5.41, 5.74) is 2.85. The Balaban J connectivity index is 2.03. The van der Waals surface area contributed by atoms with Gasteiger partial charge in [0.25, 0.3) is 0 Å². The first kappa shape index (κ1) is 12.4. The second kappa shape index (κ2) is 4.81. The van der Waals surface area contributed by atoms with E-state index in [1.807, 2.05) is 18.2 Å². The van der Waals surface area contributed by atoms with Crippen molar-refractivity contribution in [3.8, 4) is 23.0 Å². The predicted octanol–water partition coefficient (Wildman–Crippen LogP) is 3.04. The van der Waals surface area contributed by atoms with Crippen LogP contribution in [-0.2, 0) is 0 Å². The Kier molecular flexibility index (Phi) is 2.99. The molecule has 1 heterocycles. The van der Waals surface area contributed by atoms with Crippen LogP contribution in [0.1, 0.15) is 11.1 Å². The first-order valence-corrected chi connectivity index (χ1v) is 6.21. The van der Waals surface area contributed by atoms with Gasteiger partial charge in [-0.2, -0.15) is 0 Å². The molecular formula is C16H14O4. The lowest BCUT2D eigenvalue weighted by molar-refractivity contribution is 0.349. The molecule has 0 fully saturated rings. The molecule has 0 aromatic heterocycles. The van der Waals surface area contributed by atoms with E-state index in [2.05, 4.69) is 0 Å². The summed E-state index contributed by atoms with van der Waals surface area (Å²) in [7, 11) is 1.51. The standard InChI is InChI=1S/C16H14O4/c1-19-16-7-11-6-12(9-20-15(11)8-14(16)18)10-2-4-13(17)5-3-10/h2-8,17-18H,9H2,1H3. The van der Waals surface area contributed by atoms with Gasteiger partial charge in [-0.15, -0.1) is 0 Å². The first-order valence-electron chi connectivity index (χ1n) is 6.21. The molecule has 102 valence electrons. The van der Waals surface area contributed by atoms with Crippen molar-refractivity contribution in [1.29, 1.82) is 0 Å². The maximum Gasteiger partial charge on any atom is 0.161 e. The van der Waals surface area contributed by atoms with Gasteiger partial charge in [0.1, 0.15) is 18.1 Å². The number of fused-ring (bicyclic) bond motifs is 1. The van der Waals surface area contributed by atoms with Crippen molar-refractivity contribution in [3.05, 3.63) is 47.5 Å². The van der Waals surface area contributed by atoms with E-state index in [0.29, 0.717) is 18.1 Å². The van der Waals surface area contributed by atoms with E-state index in [0.717, 1.165) is 16.7 Å². The molecule has 4 nitrogen and oxygen atoms in total.